The second-order valence-electron chi connectivity index (χ2n) is 5.47. The van der Waals surface area contributed by atoms with E-state index in [1.807, 2.05) is 0 Å². The van der Waals surface area contributed by atoms with Gasteiger partial charge in [-0.05, 0) is 32.8 Å². The Morgan fingerprint density at radius 3 is 2.62 bits per heavy atom. The number of nitro benzene ring substituents is 1. The quantitative estimate of drug-likeness (QED) is 0.631. The molecule has 0 atom stereocenters. The summed E-state index contributed by atoms with van der Waals surface area (Å²) in [5.41, 5.74) is -1.25. The van der Waals surface area contributed by atoms with E-state index in [0.717, 1.165) is 12.8 Å². The normalized spacial score (nSPS) is 14.4. The molecule has 1 aromatic rings. The summed E-state index contributed by atoms with van der Waals surface area (Å²) in [6.45, 7) is 3.29. The summed E-state index contributed by atoms with van der Waals surface area (Å²) < 4.78 is 0. The molecule has 0 bridgehead atoms. The van der Waals surface area contributed by atoms with Crippen LogP contribution in [0.1, 0.15) is 37.0 Å². The Balaban J connectivity index is 2.46. The first-order valence-electron chi connectivity index (χ1n) is 6.47. The first kappa shape index (κ1) is 15.3. The van der Waals surface area contributed by atoms with Gasteiger partial charge in [-0.3, -0.25) is 14.9 Å². The SMILES string of the molecule is CC(C)(C#N)N(C(=O)c1cccc([N+](=O)[O-])c1Cl)C1CC1. The fourth-order valence-electron chi connectivity index (χ4n) is 2.22. The third-order valence-electron chi connectivity index (χ3n) is 3.41. The van der Waals surface area contributed by atoms with Crippen LogP contribution in [0.4, 0.5) is 5.69 Å². The van der Waals surface area contributed by atoms with Crippen LogP contribution < -0.4 is 0 Å². The molecule has 110 valence electrons. The molecule has 0 spiro atoms. The first-order valence-corrected chi connectivity index (χ1v) is 6.85. The van der Waals surface area contributed by atoms with Crippen LogP contribution in [0.3, 0.4) is 0 Å². The summed E-state index contributed by atoms with van der Waals surface area (Å²) >= 11 is 5.99. The highest BCUT2D eigenvalue weighted by Crippen LogP contribution is 2.36. The van der Waals surface area contributed by atoms with Crippen molar-refractivity contribution in [3.63, 3.8) is 0 Å². The summed E-state index contributed by atoms with van der Waals surface area (Å²) in [6.07, 6.45) is 1.65. The molecule has 2 rings (SSSR count). The Kier molecular flexibility index (Phi) is 3.88. The van der Waals surface area contributed by atoms with Crippen molar-refractivity contribution >= 4 is 23.2 Å². The molecule has 1 saturated carbocycles. The Bertz CT molecular complexity index is 647. The van der Waals surface area contributed by atoms with Gasteiger partial charge in [0.05, 0.1) is 16.6 Å². The number of halogens is 1. The third-order valence-corrected chi connectivity index (χ3v) is 3.81. The summed E-state index contributed by atoms with van der Waals surface area (Å²) in [5.74, 6) is -0.447. The standard InChI is InChI=1S/C14H14ClN3O3/c1-14(2,8-16)17(9-6-7-9)13(19)10-4-3-5-11(12(10)15)18(20)21/h3-5,9H,6-7H2,1-2H3. The van der Waals surface area contributed by atoms with E-state index in [0.29, 0.717) is 0 Å². The Morgan fingerprint density at radius 1 is 1.52 bits per heavy atom. The Hall–Kier alpha value is -2.13. The zero-order chi connectivity index (χ0) is 15.8. The molecule has 21 heavy (non-hydrogen) atoms. The number of amides is 1. The van der Waals surface area contributed by atoms with Gasteiger partial charge < -0.3 is 4.90 Å². The largest absolute Gasteiger partial charge is 0.317 e. The van der Waals surface area contributed by atoms with Crippen molar-refractivity contribution < 1.29 is 9.72 Å². The van der Waals surface area contributed by atoms with Crippen molar-refractivity contribution in [1.29, 1.82) is 5.26 Å². The van der Waals surface area contributed by atoms with Crippen molar-refractivity contribution in [1.82, 2.24) is 4.90 Å². The van der Waals surface area contributed by atoms with Crippen LogP contribution in [-0.2, 0) is 0 Å². The fourth-order valence-corrected chi connectivity index (χ4v) is 2.49. The number of nitrogens with zero attached hydrogens (tertiary/aromatic N) is 3. The summed E-state index contributed by atoms with van der Waals surface area (Å²) in [7, 11) is 0. The lowest BCUT2D eigenvalue weighted by Crippen LogP contribution is -2.48. The predicted molar refractivity (Wildman–Crippen MR) is 77.0 cm³/mol. The molecule has 0 unspecified atom stereocenters. The molecule has 1 aliphatic rings. The number of rotatable bonds is 4. The maximum Gasteiger partial charge on any atom is 0.288 e. The van der Waals surface area contributed by atoms with Crippen molar-refractivity contribution in [3.05, 3.63) is 38.9 Å². The van der Waals surface area contributed by atoms with E-state index in [-0.39, 0.29) is 22.3 Å². The second kappa shape index (κ2) is 5.34. The minimum absolute atomic E-state index is 0.0116. The van der Waals surface area contributed by atoms with Gasteiger partial charge in [0.1, 0.15) is 10.6 Å². The summed E-state index contributed by atoms with van der Waals surface area (Å²) in [5, 5.41) is 20.0. The molecule has 0 saturated heterocycles. The molecule has 0 radical (unpaired) electrons. The molecule has 1 aromatic carbocycles. The minimum Gasteiger partial charge on any atom is -0.317 e. The van der Waals surface area contributed by atoms with Crippen LogP contribution in [-0.4, -0.2) is 27.3 Å². The van der Waals surface area contributed by atoms with E-state index < -0.39 is 16.4 Å². The molecule has 0 aromatic heterocycles. The molecule has 1 amide bonds. The van der Waals surface area contributed by atoms with Crippen LogP contribution in [0, 0.1) is 21.4 Å². The lowest BCUT2D eigenvalue weighted by molar-refractivity contribution is -0.384. The van der Waals surface area contributed by atoms with E-state index in [1.165, 1.54) is 23.1 Å². The number of benzene rings is 1. The van der Waals surface area contributed by atoms with Gasteiger partial charge in [0.15, 0.2) is 0 Å². The number of carbonyl (C=O) groups is 1. The van der Waals surface area contributed by atoms with Gasteiger partial charge >= 0.3 is 0 Å². The number of nitriles is 1. The summed E-state index contributed by atoms with van der Waals surface area (Å²) in [6, 6.07) is 6.20. The van der Waals surface area contributed by atoms with E-state index in [1.54, 1.807) is 13.8 Å². The molecule has 1 fully saturated rings. The average Bonchev–Trinajstić information content (AvgIpc) is 3.23. The highest BCUT2D eigenvalue weighted by molar-refractivity contribution is 6.35. The highest BCUT2D eigenvalue weighted by atomic mass is 35.5. The van der Waals surface area contributed by atoms with Crippen LogP contribution >= 0.6 is 11.6 Å². The maximum absolute atomic E-state index is 12.7. The van der Waals surface area contributed by atoms with E-state index in [2.05, 4.69) is 6.07 Å². The van der Waals surface area contributed by atoms with Crippen molar-refractivity contribution in [2.75, 3.05) is 0 Å². The van der Waals surface area contributed by atoms with Crippen molar-refractivity contribution in [2.24, 2.45) is 0 Å². The maximum atomic E-state index is 12.7. The topological polar surface area (TPSA) is 87.2 Å². The number of nitro groups is 1. The zero-order valence-corrected chi connectivity index (χ0v) is 12.4. The van der Waals surface area contributed by atoms with Crippen LogP contribution in [0.2, 0.25) is 5.02 Å². The molecular formula is C14H14ClN3O3. The van der Waals surface area contributed by atoms with Gasteiger partial charge in [-0.2, -0.15) is 5.26 Å². The lowest BCUT2D eigenvalue weighted by Gasteiger charge is -2.33. The Labute approximate surface area is 127 Å². The fraction of sp³-hybridized carbons (Fsp3) is 0.429. The molecule has 1 aliphatic carbocycles. The number of carbonyl (C=O) groups excluding carboxylic acids is 1. The van der Waals surface area contributed by atoms with Gasteiger partial charge in [0, 0.05) is 12.1 Å². The molecule has 7 heteroatoms. The second-order valence-corrected chi connectivity index (χ2v) is 5.85. The monoisotopic (exact) mass is 307 g/mol. The average molecular weight is 308 g/mol. The van der Waals surface area contributed by atoms with E-state index in [4.69, 9.17) is 11.6 Å². The third kappa shape index (κ3) is 2.83. The molecule has 0 aliphatic heterocycles. The van der Waals surface area contributed by atoms with Gasteiger partial charge in [-0.15, -0.1) is 0 Å². The molecule has 0 N–H and O–H groups in total. The molecule has 6 nitrogen and oxygen atoms in total. The smallest absolute Gasteiger partial charge is 0.288 e. The Morgan fingerprint density at radius 2 is 2.14 bits per heavy atom. The number of hydrogen-bond acceptors (Lipinski definition) is 4. The highest BCUT2D eigenvalue weighted by Gasteiger charge is 2.43. The van der Waals surface area contributed by atoms with Gasteiger partial charge in [-0.25, -0.2) is 0 Å². The van der Waals surface area contributed by atoms with E-state index >= 15 is 0 Å². The lowest BCUT2D eigenvalue weighted by atomic mass is 10.0. The van der Waals surface area contributed by atoms with Gasteiger partial charge in [0.25, 0.3) is 11.6 Å². The van der Waals surface area contributed by atoms with Gasteiger partial charge in [0.2, 0.25) is 0 Å². The predicted octanol–water partition coefficient (Wildman–Crippen LogP) is 3.15. The van der Waals surface area contributed by atoms with Crippen LogP contribution in [0.15, 0.2) is 18.2 Å². The van der Waals surface area contributed by atoms with Crippen molar-refractivity contribution in [3.8, 4) is 6.07 Å². The zero-order valence-electron chi connectivity index (χ0n) is 11.7. The van der Waals surface area contributed by atoms with E-state index in [9.17, 15) is 20.2 Å². The summed E-state index contributed by atoms with van der Waals surface area (Å²) in [4.78, 5) is 24.4. The number of hydrogen-bond donors (Lipinski definition) is 0. The van der Waals surface area contributed by atoms with Gasteiger partial charge in [-0.1, -0.05) is 17.7 Å². The van der Waals surface area contributed by atoms with Crippen molar-refractivity contribution in [2.45, 2.75) is 38.3 Å². The molecular weight excluding hydrogens is 294 g/mol. The van der Waals surface area contributed by atoms with Crippen LogP contribution in [0.25, 0.3) is 0 Å². The first-order chi connectivity index (χ1) is 9.79. The molecule has 0 heterocycles. The van der Waals surface area contributed by atoms with Crippen LogP contribution in [0.5, 0.6) is 0 Å². The minimum atomic E-state index is -0.994.